The second-order valence-corrected chi connectivity index (χ2v) is 3.04. The smallest absolute Gasteiger partial charge is 0.305 e. The molecule has 0 heterocycles. The van der Waals surface area contributed by atoms with Crippen molar-refractivity contribution in [1.82, 2.24) is 5.32 Å². The van der Waals surface area contributed by atoms with Crippen LogP contribution in [0.15, 0.2) is 0 Å². The van der Waals surface area contributed by atoms with Gasteiger partial charge in [-0.15, -0.1) is 0 Å². The fourth-order valence-corrected chi connectivity index (χ4v) is 0.942. The minimum Gasteiger partial charge on any atom is -0.463 e. The molecule has 0 aliphatic rings. The average Bonchev–Trinajstić information content (AvgIpc) is 2.18. The van der Waals surface area contributed by atoms with Crippen molar-refractivity contribution in [2.24, 2.45) is 0 Å². The molecule has 84 valence electrons. The van der Waals surface area contributed by atoms with E-state index in [-0.39, 0.29) is 5.97 Å². The molecule has 0 unspecified atom stereocenters. The monoisotopic (exact) mass is 203 g/mol. The van der Waals surface area contributed by atoms with Crippen LogP contribution >= 0.6 is 0 Å². The van der Waals surface area contributed by atoms with E-state index >= 15 is 0 Å². The number of esters is 1. The van der Waals surface area contributed by atoms with Gasteiger partial charge in [0.15, 0.2) is 0 Å². The van der Waals surface area contributed by atoms with Crippen molar-refractivity contribution < 1.29 is 14.3 Å². The van der Waals surface area contributed by atoms with E-state index in [1.54, 1.807) is 0 Å². The first-order chi connectivity index (χ1) is 6.81. The van der Waals surface area contributed by atoms with Crippen molar-refractivity contribution in [2.75, 3.05) is 33.4 Å². The molecule has 0 aliphatic heterocycles. The lowest BCUT2D eigenvalue weighted by atomic mass is 10.3. The molecule has 0 atom stereocenters. The van der Waals surface area contributed by atoms with Crippen LogP contribution in [0.4, 0.5) is 0 Å². The minimum atomic E-state index is -0.139. The van der Waals surface area contributed by atoms with Gasteiger partial charge in [0.05, 0.1) is 6.61 Å². The molecule has 4 heteroatoms. The van der Waals surface area contributed by atoms with Crippen molar-refractivity contribution in [3.05, 3.63) is 0 Å². The van der Waals surface area contributed by atoms with E-state index in [1.165, 1.54) is 0 Å². The van der Waals surface area contributed by atoms with Crippen LogP contribution < -0.4 is 5.32 Å². The second kappa shape index (κ2) is 10.5. The third kappa shape index (κ3) is 9.48. The maximum Gasteiger partial charge on any atom is 0.305 e. The molecule has 0 spiro atoms. The Labute approximate surface area is 86.0 Å². The summed E-state index contributed by atoms with van der Waals surface area (Å²) in [5.74, 6) is -0.139. The van der Waals surface area contributed by atoms with Gasteiger partial charge in [0.2, 0.25) is 0 Å². The third-order valence-electron chi connectivity index (χ3n) is 1.65. The van der Waals surface area contributed by atoms with E-state index in [0.717, 1.165) is 26.0 Å². The zero-order chi connectivity index (χ0) is 10.6. The summed E-state index contributed by atoms with van der Waals surface area (Å²) in [6.45, 7) is 4.51. The fourth-order valence-electron chi connectivity index (χ4n) is 0.942. The van der Waals surface area contributed by atoms with Gasteiger partial charge in [-0.2, -0.15) is 0 Å². The van der Waals surface area contributed by atoms with Crippen molar-refractivity contribution >= 4 is 5.97 Å². The van der Waals surface area contributed by atoms with Gasteiger partial charge < -0.3 is 14.8 Å². The molecule has 0 aromatic heterocycles. The predicted molar refractivity (Wildman–Crippen MR) is 55.2 cm³/mol. The van der Waals surface area contributed by atoms with Crippen LogP contribution in [0, 0.1) is 0 Å². The number of hydrogen-bond donors (Lipinski definition) is 1. The van der Waals surface area contributed by atoms with E-state index in [9.17, 15) is 4.79 Å². The van der Waals surface area contributed by atoms with Crippen molar-refractivity contribution in [2.45, 2.75) is 26.2 Å². The van der Waals surface area contributed by atoms with E-state index in [1.807, 2.05) is 14.0 Å². The number of nitrogens with one attached hydrogen (secondary N) is 1. The summed E-state index contributed by atoms with van der Waals surface area (Å²) in [6, 6.07) is 0. The predicted octanol–water partition coefficient (Wildman–Crippen LogP) is 0.956. The van der Waals surface area contributed by atoms with Gasteiger partial charge in [-0.3, -0.25) is 4.79 Å². The van der Waals surface area contributed by atoms with Crippen LogP contribution in [0.5, 0.6) is 0 Å². The molecule has 4 nitrogen and oxygen atoms in total. The Morgan fingerprint density at radius 3 is 2.71 bits per heavy atom. The van der Waals surface area contributed by atoms with Crippen LogP contribution in [0.1, 0.15) is 26.2 Å². The molecule has 1 N–H and O–H groups in total. The molecule has 14 heavy (non-hydrogen) atoms. The van der Waals surface area contributed by atoms with Gasteiger partial charge >= 0.3 is 5.97 Å². The minimum absolute atomic E-state index is 0.139. The highest BCUT2D eigenvalue weighted by molar-refractivity contribution is 5.69. The van der Waals surface area contributed by atoms with Gasteiger partial charge in [0.1, 0.15) is 6.61 Å². The second-order valence-electron chi connectivity index (χ2n) is 3.04. The lowest BCUT2D eigenvalue weighted by molar-refractivity contribution is -0.145. The Hall–Kier alpha value is -0.610. The topological polar surface area (TPSA) is 47.6 Å². The Morgan fingerprint density at radius 2 is 2.07 bits per heavy atom. The SMILES string of the molecule is CCCOCCOC(=O)CCCNC. The summed E-state index contributed by atoms with van der Waals surface area (Å²) < 4.78 is 10.1. The number of hydrogen-bond acceptors (Lipinski definition) is 4. The number of rotatable bonds is 9. The molecule has 0 aromatic rings. The first kappa shape index (κ1) is 13.4. The molecule has 0 fully saturated rings. The van der Waals surface area contributed by atoms with Crippen LogP contribution in [-0.4, -0.2) is 39.4 Å². The Morgan fingerprint density at radius 1 is 1.29 bits per heavy atom. The zero-order valence-electron chi connectivity index (χ0n) is 9.17. The van der Waals surface area contributed by atoms with Gasteiger partial charge in [0.25, 0.3) is 0 Å². The third-order valence-corrected chi connectivity index (χ3v) is 1.65. The van der Waals surface area contributed by atoms with Gasteiger partial charge in [-0.05, 0) is 26.4 Å². The summed E-state index contributed by atoms with van der Waals surface area (Å²) in [4.78, 5) is 11.0. The molecule has 0 aliphatic carbocycles. The van der Waals surface area contributed by atoms with Crippen molar-refractivity contribution in [3.8, 4) is 0 Å². The lowest BCUT2D eigenvalue weighted by Crippen LogP contribution is -2.14. The van der Waals surface area contributed by atoms with Crippen LogP contribution in [0.3, 0.4) is 0 Å². The summed E-state index contributed by atoms with van der Waals surface area (Å²) in [5.41, 5.74) is 0. The van der Waals surface area contributed by atoms with Crippen LogP contribution in [-0.2, 0) is 14.3 Å². The Bertz CT molecular complexity index is 139. The normalized spacial score (nSPS) is 10.1. The average molecular weight is 203 g/mol. The van der Waals surface area contributed by atoms with Crippen molar-refractivity contribution in [1.29, 1.82) is 0 Å². The summed E-state index contributed by atoms with van der Waals surface area (Å²) in [7, 11) is 1.87. The maximum atomic E-state index is 11.0. The standard InChI is InChI=1S/C10H21NO3/c1-3-7-13-8-9-14-10(12)5-4-6-11-2/h11H,3-9H2,1-2H3. The Kier molecular flexibility index (Phi) is 10.0. The Balaban J connectivity index is 3.10. The number of ether oxygens (including phenoxy) is 2. The molecule has 0 bridgehead atoms. The van der Waals surface area contributed by atoms with Gasteiger partial charge in [0, 0.05) is 13.0 Å². The highest BCUT2D eigenvalue weighted by Crippen LogP contribution is 1.91. The maximum absolute atomic E-state index is 11.0. The molecular weight excluding hydrogens is 182 g/mol. The zero-order valence-corrected chi connectivity index (χ0v) is 9.17. The quantitative estimate of drug-likeness (QED) is 0.448. The molecular formula is C10H21NO3. The highest BCUT2D eigenvalue weighted by Gasteiger charge is 2.00. The van der Waals surface area contributed by atoms with Crippen LogP contribution in [0.2, 0.25) is 0 Å². The summed E-state index contributed by atoms with van der Waals surface area (Å²) in [6.07, 6.45) is 2.30. The molecule has 0 amide bonds. The van der Waals surface area contributed by atoms with E-state index in [4.69, 9.17) is 9.47 Å². The largest absolute Gasteiger partial charge is 0.463 e. The molecule has 0 aromatic carbocycles. The van der Waals surface area contributed by atoms with Crippen LogP contribution in [0.25, 0.3) is 0 Å². The number of carbonyl (C=O) groups is 1. The van der Waals surface area contributed by atoms with Gasteiger partial charge in [-0.25, -0.2) is 0 Å². The highest BCUT2D eigenvalue weighted by atomic mass is 16.6. The van der Waals surface area contributed by atoms with Gasteiger partial charge in [-0.1, -0.05) is 6.92 Å². The molecule has 0 radical (unpaired) electrons. The van der Waals surface area contributed by atoms with E-state index in [0.29, 0.717) is 19.6 Å². The van der Waals surface area contributed by atoms with E-state index < -0.39 is 0 Å². The molecule has 0 rings (SSSR count). The lowest BCUT2D eigenvalue weighted by Gasteiger charge is -2.05. The van der Waals surface area contributed by atoms with Crippen molar-refractivity contribution in [3.63, 3.8) is 0 Å². The number of carbonyl (C=O) groups excluding carboxylic acids is 1. The van der Waals surface area contributed by atoms with E-state index in [2.05, 4.69) is 5.32 Å². The fraction of sp³-hybridized carbons (Fsp3) is 0.900. The molecule has 0 saturated carbocycles. The molecule has 0 saturated heterocycles. The summed E-state index contributed by atoms with van der Waals surface area (Å²) >= 11 is 0. The summed E-state index contributed by atoms with van der Waals surface area (Å²) in [5, 5.41) is 2.97. The first-order valence-corrected chi connectivity index (χ1v) is 5.19. The first-order valence-electron chi connectivity index (χ1n) is 5.19.